The number of sulfonamides is 1. The minimum Gasteiger partial charge on any atom is -0.352 e. The second-order valence-electron chi connectivity index (χ2n) is 11.1. The van der Waals surface area contributed by atoms with Gasteiger partial charge >= 0.3 is 0 Å². The Morgan fingerprint density at radius 1 is 0.902 bits per heavy atom. The van der Waals surface area contributed by atoms with Crippen molar-refractivity contribution >= 4 is 27.5 Å². The van der Waals surface area contributed by atoms with Crippen LogP contribution in [-0.4, -0.2) is 43.8 Å². The van der Waals surface area contributed by atoms with Crippen molar-refractivity contribution in [3.8, 4) is 0 Å². The van der Waals surface area contributed by atoms with E-state index in [1.54, 1.807) is 37.3 Å². The first kappa shape index (κ1) is 30.3. The van der Waals surface area contributed by atoms with Gasteiger partial charge in [-0.25, -0.2) is 8.42 Å². The van der Waals surface area contributed by atoms with Gasteiger partial charge in [0.2, 0.25) is 11.8 Å². The van der Waals surface area contributed by atoms with Crippen LogP contribution in [0.5, 0.6) is 0 Å². The molecule has 1 unspecified atom stereocenters. The molecule has 0 radical (unpaired) electrons. The summed E-state index contributed by atoms with van der Waals surface area (Å²) in [6.45, 7) is 7.21. The van der Waals surface area contributed by atoms with Gasteiger partial charge in [-0.15, -0.1) is 0 Å². The van der Waals surface area contributed by atoms with Gasteiger partial charge in [0.05, 0.1) is 10.6 Å². The fraction of sp³-hybridized carbons (Fsp3) is 0.394. The number of hydrogen-bond donors (Lipinski definition) is 1. The van der Waals surface area contributed by atoms with E-state index >= 15 is 0 Å². The molecule has 0 heterocycles. The van der Waals surface area contributed by atoms with Crippen LogP contribution in [0.3, 0.4) is 0 Å². The second-order valence-corrected chi connectivity index (χ2v) is 12.9. The normalized spacial score (nSPS) is 14.7. The Bertz CT molecular complexity index is 1470. The highest BCUT2D eigenvalue weighted by atomic mass is 32.2. The molecule has 7 nitrogen and oxygen atoms in total. The molecule has 3 aromatic carbocycles. The zero-order chi connectivity index (χ0) is 29.6. The Kier molecular flexibility index (Phi) is 9.86. The molecule has 3 aromatic rings. The molecule has 1 aliphatic carbocycles. The van der Waals surface area contributed by atoms with Crippen LogP contribution in [0.25, 0.3) is 0 Å². The lowest BCUT2D eigenvalue weighted by Gasteiger charge is -2.33. The van der Waals surface area contributed by atoms with Crippen molar-refractivity contribution in [2.75, 3.05) is 10.8 Å². The predicted octanol–water partition coefficient (Wildman–Crippen LogP) is 5.67. The van der Waals surface area contributed by atoms with E-state index in [2.05, 4.69) is 5.32 Å². The molecule has 0 aromatic heterocycles. The molecular formula is C33H41N3O4S. The van der Waals surface area contributed by atoms with Crippen molar-refractivity contribution in [1.29, 1.82) is 0 Å². The van der Waals surface area contributed by atoms with Gasteiger partial charge in [-0.3, -0.25) is 13.9 Å². The quantitative estimate of drug-likeness (QED) is 0.337. The molecule has 1 fully saturated rings. The van der Waals surface area contributed by atoms with Gasteiger partial charge in [0.1, 0.15) is 12.6 Å². The fourth-order valence-electron chi connectivity index (χ4n) is 5.40. The summed E-state index contributed by atoms with van der Waals surface area (Å²) in [5.41, 5.74) is 4.04. The third-order valence-corrected chi connectivity index (χ3v) is 9.78. The molecule has 218 valence electrons. The Labute approximate surface area is 244 Å². The first-order chi connectivity index (χ1) is 19.6. The van der Waals surface area contributed by atoms with Crippen LogP contribution in [0, 0.1) is 20.8 Å². The number of rotatable bonds is 10. The van der Waals surface area contributed by atoms with Gasteiger partial charge in [-0.2, -0.15) is 0 Å². The van der Waals surface area contributed by atoms with Crippen LogP contribution < -0.4 is 9.62 Å². The van der Waals surface area contributed by atoms with Crippen molar-refractivity contribution in [2.45, 2.75) is 83.3 Å². The highest BCUT2D eigenvalue weighted by Crippen LogP contribution is 2.29. The van der Waals surface area contributed by atoms with Crippen molar-refractivity contribution in [3.63, 3.8) is 0 Å². The van der Waals surface area contributed by atoms with E-state index in [4.69, 9.17) is 0 Å². The number of anilines is 1. The number of benzene rings is 3. The van der Waals surface area contributed by atoms with E-state index in [0.717, 1.165) is 47.9 Å². The van der Waals surface area contributed by atoms with Gasteiger partial charge in [-0.05, 0) is 75.4 Å². The van der Waals surface area contributed by atoms with Crippen molar-refractivity contribution in [1.82, 2.24) is 10.2 Å². The van der Waals surface area contributed by atoms with Crippen LogP contribution in [0.4, 0.5) is 5.69 Å². The lowest BCUT2D eigenvalue weighted by atomic mass is 9.95. The average molecular weight is 576 g/mol. The minimum atomic E-state index is -4.08. The van der Waals surface area contributed by atoms with Crippen LogP contribution in [0.2, 0.25) is 0 Å². The smallest absolute Gasteiger partial charge is 0.264 e. The van der Waals surface area contributed by atoms with Crippen molar-refractivity contribution in [2.24, 2.45) is 0 Å². The molecule has 41 heavy (non-hydrogen) atoms. The molecule has 1 aliphatic rings. The molecule has 4 rings (SSSR count). The number of nitrogens with zero attached hydrogens (tertiary/aromatic N) is 2. The first-order valence-electron chi connectivity index (χ1n) is 14.4. The van der Waals surface area contributed by atoms with Gasteiger partial charge in [0.15, 0.2) is 0 Å². The van der Waals surface area contributed by atoms with Gasteiger partial charge < -0.3 is 10.2 Å². The lowest BCUT2D eigenvalue weighted by Crippen LogP contribution is -2.53. The van der Waals surface area contributed by atoms with Crippen molar-refractivity contribution in [3.05, 3.63) is 95.1 Å². The Balaban J connectivity index is 1.70. The molecule has 0 bridgehead atoms. The second kappa shape index (κ2) is 13.3. The van der Waals surface area contributed by atoms with Gasteiger partial charge in [0, 0.05) is 12.6 Å². The van der Waals surface area contributed by atoms with Crippen LogP contribution >= 0.6 is 0 Å². The summed E-state index contributed by atoms with van der Waals surface area (Å²) in [6, 6.07) is 20.7. The third kappa shape index (κ3) is 7.36. The minimum absolute atomic E-state index is 0.0968. The molecule has 2 amide bonds. The maximum absolute atomic E-state index is 14.2. The Morgan fingerprint density at radius 2 is 1.59 bits per heavy atom. The summed E-state index contributed by atoms with van der Waals surface area (Å²) < 4.78 is 29.2. The Hall–Kier alpha value is -3.65. The SMILES string of the molecule is Cc1cccc(CN(C(=O)CN(c2cccc(C)c2C)S(=O)(=O)c2ccccc2)C(C)C(=O)NC2CCCCC2)c1. The number of nitrogens with one attached hydrogen (secondary N) is 1. The summed E-state index contributed by atoms with van der Waals surface area (Å²) >= 11 is 0. The molecule has 1 saturated carbocycles. The average Bonchev–Trinajstić information content (AvgIpc) is 2.97. The summed E-state index contributed by atoms with van der Waals surface area (Å²) in [5, 5.41) is 3.14. The molecule has 0 spiro atoms. The van der Waals surface area contributed by atoms with Crippen LogP contribution in [0.1, 0.15) is 61.3 Å². The number of amides is 2. The molecule has 1 atom stereocenters. The molecule has 0 aliphatic heterocycles. The monoisotopic (exact) mass is 575 g/mol. The first-order valence-corrected chi connectivity index (χ1v) is 15.8. The maximum atomic E-state index is 14.2. The largest absolute Gasteiger partial charge is 0.352 e. The van der Waals surface area contributed by atoms with Gasteiger partial charge in [0.25, 0.3) is 10.0 Å². The van der Waals surface area contributed by atoms with E-state index in [1.165, 1.54) is 27.8 Å². The number of hydrogen-bond acceptors (Lipinski definition) is 4. The lowest BCUT2D eigenvalue weighted by molar-refractivity contribution is -0.139. The van der Waals surface area contributed by atoms with Gasteiger partial charge in [-0.1, -0.05) is 79.4 Å². The molecule has 8 heteroatoms. The fourth-order valence-corrected chi connectivity index (χ4v) is 6.89. The van der Waals surface area contributed by atoms with Crippen LogP contribution in [0.15, 0.2) is 77.7 Å². The third-order valence-electron chi connectivity index (χ3n) is 8.01. The number of carbonyl (C=O) groups excluding carboxylic acids is 2. The molecular weight excluding hydrogens is 534 g/mol. The number of aryl methyl sites for hydroxylation is 2. The summed E-state index contributed by atoms with van der Waals surface area (Å²) in [5.74, 6) is -0.666. The standard InChI is InChI=1S/C33H41N3O4S/c1-24-13-11-15-28(21-24)22-35(27(4)33(38)34-29-16-7-5-8-17-29)32(37)23-36(31-20-12-14-25(2)26(31)3)41(39,40)30-18-9-6-10-19-30/h6,9-15,18-21,27,29H,5,7-8,16-17,22-23H2,1-4H3,(H,34,38). The summed E-state index contributed by atoms with van der Waals surface area (Å²) in [4.78, 5) is 29.2. The zero-order valence-electron chi connectivity index (χ0n) is 24.5. The topological polar surface area (TPSA) is 86.8 Å². The molecule has 0 saturated heterocycles. The summed E-state index contributed by atoms with van der Waals surface area (Å²) in [7, 11) is -4.08. The molecule has 1 N–H and O–H groups in total. The highest BCUT2D eigenvalue weighted by molar-refractivity contribution is 7.92. The van der Waals surface area contributed by atoms with E-state index in [0.29, 0.717) is 5.69 Å². The van der Waals surface area contributed by atoms with E-state index in [1.807, 2.05) is 51.1 Å². The predicted molar refractivity (Wildman–Crippen MR) is 163 cm³/mol. The maximum Gasteiger partial charge on any atom is 0.264 e. The zero-order valence-corrected chi connectivity index (χ0v) is 25.3. The van der Waals surface area contributed by atoms with E-state index in [9.17, 15) is 18.0 Å². The van der Waals surface area contributed by atoms with E-state index in [-0.39, 0.29) is 23.4 Å². The summed E-state index contributed by atoms with van der Waals surface area (Å²) in [6.07, 6.45) is 5.19. The van der Waals surface area contributed by atoms with E-state index < -0.39 is 28.5 Å². The highest BCUT2D eigenvalue weighted by Gasteiger charge is 2.33. The van der Waals surface area contributed by atoms with Crippen LogP contribution in [-0.2, 0) is 26.2 Å². The number of carbonyl (C=O) groups is 2. The Morgan fingerprint density at radius 3 is 2.27 bits per heavy atom. The van der Waals surface area contributed by atoms with Crippen molar-refractivity contribution < 1.29 is 18.0 Å².